The van der Waals surface area contributed by atoms with Crippen LogP contribution in [0.4, 0.5) is 5.69 Å². The van der Waals surface area contributed by atoms with Gasteiger partial charge in [0.15, 0.2) is 0 Å². The molecule has 0 amide bonds. The molecule has 1 saturated heterocycles. The Kier molecular flexibility index (Phi) is 5.85. The molecule has 5 rings (SSSR count). The second-order valence-corrected chi connectivity index (χ2v) is 9.13. The zero-order valence-corrected chi connectivity index (χ0v) is 18.9. The Balaban J connectivity index is 1.46. The van der Waals surface area contributed by atoms with Gasteiger partial charge in [-0.1, -0.05) is 30.3 Å². The van der Waals surface area contributed by atoms with Gasteiger partial charge in [-0.25, -0.2) is 0 Å². The van der Waals surface area contributed by atoms with Gasteiger partial charge in [0.1, 0.15) is 5.75 Å². The summed E-state index contributed by atoms with van der Waals surface area (Å²) in [6, 6.07) is 20.0. The van der Waals surface area contributed by atoms with Crippen molar-refractivity contribution >= 4 is 5.69 Å². The van der Waals surface area contributed by atoms with Gasteiger partial charge < -0.3 is 15.8 Å². The molecular formula is C27H32N4O. The van der Waals surface area contributed by atoms with Gasteiger partial charge in [0.25, 0.3) is 0 Å². The molecule has 3 heterocycles. The number of nitrogens with two attached hydrogens (primary N) is 1. The van der Waals surface area contributed by atoms with Crippen LogP contribution in [0.2, 0.25) is 0 Å². The number of aromatic nitrogens is 1. The molecule has 1 aromatic heterocycles. The Morgan fingerprint density at radius 1 is 1.16 bits per heavy atom. The molecule has 0 spiro atoms. The maximum atomic E-state index is 6.22. The molecule has 32 heavy (non-hydrogen) atoms. The van der Waals surface area contributed by atoms with Crippen molar-refractivity contribution in [2.75, 3.05) is 25.9 Å². The molecule has 5 nitrogen and oxygen atoms in total. The summed E-state index contributed by atoms with van der Waals surface area (Å²) < 4.78 is 5.56. The van der Waals surface area contributed by atoms with Gasteiger partial charge in [0.2, 0.25) is 0 Å². The summed E-state index contributed by atoms with van der Waals surface area (Å²) in [6.45, 7) is 5.06. The lowest BCUT2D eigenvalue weighted by molar-refractivity contribution is 0.0961. The van der Waals surface area contributed by atoms with Gasteiger partial charge in [-0.15, -0.1) is 0 Å². The van der Waals surface area contributed by atoms with Crippen molar-refractivity contribution in [3.05, 3.63) is 88.7 Å². The van der Waals surface area contributed by atoms with Gasteiger partial charge in [0, 0.05) is 49.5 Å². The average molecular weight is 429 g/mol. The Labute approximate surface area is 190 Å². The van der Waals surface area contributed by atoms with E-state index >= 15 is 0 Å². The normalized spacial score (nSPS) is 22.8. The number of anilines is 1. The van der Waals surface area contributed by atoms with E-state index in [1.165, 1.54) is 27.9 Å². The van der Waals surface area contributed by atoms with E-state index in [1.807, 2.05) is 6.20 Å². The lowest BCUT2D eigenvalue weighted by Crippen LogP contribution is -2.51. The Morgan fingerprint density at radius 2 is 2.00 bits per heavy atom. The topological polar surface area (TPSA) is 63.4 Å². The van der Waals surface area contributed by atoms with Crippen LogP contribution in [0.15, 0.2) is 60.8 Å². The van der Waals surface area contributed by atoms with Crippen LogP contribution in [0.5, 0.6) is 5.75 Å². The van der Waals surface area contributed by atoms with Gasteiger partial charge >= 0.3 is 0 Å². The molecular weight excluding hydrogens is 396 g/mol. The third-order valence-corrected chi connectivity index (χ3v) is 7.08. The summed E-state index contributed by atoms with van der Waals surface area (Å²) in [5.41, 5.74) is 13.4. The number of rotatable bonds is 5. The molecule has 0 saturated carbocycles. The molecule has 2 aliphatic heterocycles. The number of pyridine rings is 1. The van der Waals surface area contributed by atoms with Crippen molar-refractivity contribution in [1.82, 2.24) is 15.2 Å². The van der Waals surface area contributed by atoms with Crippen molar-refractivity contribution < 1.29 is 4.74 Å². The average Bonchev–Trinajstić information content (AvgIpc) is 2.82. The second-order valence-electron chi connectivity index (χ2n) is 9.13. The molecule has 3 atom stereocenters. The number of piperidine rings is 1. The first kappa shape index (κ1) is 21.0. The van der Waals surface area contributed by atoms with Crippen LogP contribution >= 0.6 is 0 Å². The SMILES string of the molecule is COc1cc2c(cc1N)CCN1C[C@H](c3cc(C)ccn3)[C@H](NCc3ccccc3)C[C@@H]21. The zero-order valence-electron chi connectivity index (χ0n) is 18.9. The summed E-state index contributed by atoms with van der Waals surface area (Å²) >= 11 is 0. The van der Waals surface area contributed by atoms with Crippen LogP contribution in [0.1, 0.15) is 46.3 Å². The number of nitrogens with one attached hydrogen (secondary N) is 1. The second kappa shape index (κ2) is 8.93. The first-order valence-corrected chi connectivity index (χ1v) is 11.5. The van der Waals surface area contributed by atoms with E-state index in [9.17, 15) is 0 Å². The summed E-state index contributed by atoms with van der Waals surface area (Å²) in [5, 5.41) is 3.89. The van der Waals surface area contributed by atoms with Gasteiger partial charge in [-0.05, 0) is 66.3 Å². The lowest BCUT2D eigenvalue weighted by Gasteiger charge is -2.47. The number of fused-ring (bicyclic) bond motifs is 3. The van der Waals surface area contributed by atoms with Crippen molar-refractivity contribution in [1.29, 1.82) is 0 Å². The summed E-state index contributed by atoms with van der Waals surface area (Å²) in [7, 11) is 1.70. The van der Waals surface area contributed by atoms with Crippen LogP contribution in [-0.4, -0.2) is 36.1 Å². The first-order valence-electron chi connectivity index (χ1n) is 11.5. The number of nitrogens with zero attached hydrogens (tertiary/aromatic N) is 2. The molecule has 0 aliphatic carbocycles. The molecule has 166 valence electrons. The third kappa shape index (κ3) is 4.10. The first-order chi connectivity index (χ1) is 15.6. The van der Waals surface area contributed by atoms with Gasteiger partial charge in [0.05, 0.1) is 12.8 Å². The fraction of sp³-hybridized carbons (Fsp3) is 0.370. The maximum absolute atomic E-state index is 6.22. The molecule has 2 aliphatic rings. The number of aryl methyl sites for hydroxylation is 1. The van der Waals surface area contributed by atoms with Gasteiger partial charge in [-0.3, -0.25) is 9.88 Å². The number of methoxy groups -OCH3 is 1. The van der Waals surface area contributed by atoms with Crippen molar-refractivity contribution in [3.63, 3.8) is 0 Å². The number of hydrogen-bond donors (Lipinski definition) is 2. The zero-order chi connectivity index (χ0) is 22.1. The molecule has 0 bridgehead atoms. The highest BCUT2D eigenvalue weighted by Gasteiger charge is 2.40. The molecule has 3 N–H and O–H groups in total. The Bertz CT molecular complexity index is 1080. The highest BCUT2D eigenvalue weighted by Crippen LogP contribution is 2.43. The summed E-state index contributed by atoms with van der Waals surface area (Å²) in [4.78, 5) is 7.42. The van der Waals surface area contributed by atoms with Gasteiger partial charge in [-0.2, -0.15) is 0 Å². The van der Waals surface area contributed by atoms with E-state index in [0.29, 0.717) is 18.0 Å². The smallest absolute Gasteiger partial charge is 0.142 e. The number of ether oxygens (including phenoxy) is 1. The number of hydrogen-bond acceptors (Lipinski definition) is 5. The van der Waals surface area contributed by atoms with E-state index < -0.39 is 0 Å². The van der Waals surface area contributed by atoms with Crippen molar-refractivity contribution in [3.8, 4) is 5.75 Å². The van der Waals surface area contributed by atoms with Crippen LogP contribution in [0.25, 0.3) is 0 Å². The number of nitrogen functional groups attached to an aromatic ring is 1. The van der Waals surface area contributed by atoms with E-state index in [0.717, 1.165) is 43.9 Å². The molecule has 3 aromatic rings. The Morgan fingerprint density at radius 3 is 2.78 bits per heavy atom. The van der Waals surface area contributed by atoms with E-state index in [2.05, 4.69) is 71.7 Å². The van der Waals surface area contributed by atoms with E-state index in [4.69, 9.17) is 15.5 Å². The molecule has 2 aromatic carbocycles. The van der Waals surface area contributed by atoms with E-state index in [1.54, 1.807) is 7.11 Å². The molecule has 0 radical (unpaired) electrons. The molecule has 0 unspecified atom stereocenters. The monoisotopic (exact) mass is 428 g/mol. The minimum atomic E-state index is 0.334. The van der Waals surface area contributed by atoms with Crippen LogP contribution in [-0.2, 0) is 13.0 Å². The minimum Gasteiger partial charge on any atom is -0.495 e. The number of benzene rings is 2. The van der Waals surface area contributed by atoms with Crippen LogP contribution < -0.4 is 15.8 Å². The highest BCUT2D eigenvalue weighted by molar-refractivity contribution is 5.58. The quantitative estimate of drug-likeness (QED) is 0.596. The lowest BCUT2D eigenvalue weighted by atomic mass is 9.79. The fourth-order valence-corrected chi connectivity index (χ4v) is 5.39. The summed E-state index contributed by atoms with van der Waals surface area (Å²) in [6.07, 6.45) is 4.01. The minimum absolute atomic E-state index is 0.334. The van der Waals surface area contributed by atoms with Crippen molar-refractivity contribution in [2.45, 2.75) is 44.3 Å². The summed E-state index contributed by atoms with van der Waals surface area (Å²) in [5.74, 6) is 1.13. The fourth-order valence-electron chi connectivity index (χ4n) is 5.39. The molecule has 5 heteroatoms. The predicted molar refractivity (Wildman–Crippen MR) is 129 cm³/mol. The third-order valence-electron chi connectivity index (χ3n) is 7.08. The highest BCUT2D eigenvalue weighted by atomic mass is 16.5. The predicted octanol–water partition coefficient (Wildman–Crippen LogP) is 4.23. The van der Waals surface area contributed by atoms with Crippen LogP contribution in [0, 0.1) is 6.92 Å². The Hall–Kier alpha value is -2.89. The standard InChI is InChI=1S/C27H32N4O/c1-18-8-10-29-24(12-18)22-17-31-11-9-20-13-23(28)27(32-2)14-21(20)26(31)15-25(22)30-16-19-6-4-3-5-7-19/h3-8,10,12-14,22,25-26,30H,9,11,15-17,28H2,1-2H3/t22-,25-,26+/m1/s1. The van der Waals surface area contributed by atoms with Crippen molar-refractivity contribution in [2.24, 2.45) is 0 Å². The maximum Gasteiger partial charge on any atom is 0.142 e. The van der Waals surface area contributed by atoms with Crippen LogP contribution in [0.3, 0.4) is 0 Å². The molecule has 1 fully saturated rings. The largest absolute Gasteiger partial charge is 0.495 e. The van der Waals surface area contributed by atoms with E-state index in [-0.39, 0.29) is 0 Å².